The lowest BCUT2D eigenvalue weighted by atomic mass is 9.71. The maximum Gasteiger partial charge on any atom is 0.335 e. The Morgan fingerprint density at radius 3 is 1.97 bits per heavy atom. The standard InChI is InChI=1S/C33H28O2/c1-22(23-9-15-27(16-10-23)32(34)35)28-17-18-31-30(21-28)29(19-20-33(31,2)3)26-13-11-25(12-14-26)24-7-5-4-6-8-24/h4-19,21H,1,20H2,2-3H3,(H,34,35). The molecule has 2 heteroatoms. The predicted octanol–water partition coefficient (Wildman–Crippen LogP) is 8.23. The first-order chi connectivity index (χ1) is 16.8. The van der Waals surface area contributed by atoms with Gasteiger partial charge < -0.3 is 5.11 Å². The van der Waals surface area contributed by atoms with Crippen LogP contribution in [-0.4, -0.2) is 11.1 Å². The first-order valence-corrected chi connectivity index (χ1v) is 11.9. The molecule has 0 fully saturated rings. The second-order valence-electron chi connectivity index (χ2n) is 9.77. The van der Waals surface area contributed by atoms with Crippen LogP contribution in [-0.2, 0) is 5.41 Å². The van der Waals surface area contributed by atoms with Crippen LogP contribution in [0.4, 0.5) is 0 Å². The third kappa shape index (κ3) is 4.36. The summed E-state index contributed by atoms with van der Waals surface area (Å²) in [6, 6.07) is 32.7. The van der Waals surface area contributed by atoms with Crippen molar-refractivity contribution in [3.8, 4) is 11.1 Å². The van der Waals surface area contributed by atoms with Gasteiger partial charge in [0.1, 0.15) is 0 Å². The molecule has 0 unspecified atom stereocenters. The minimum absolute atomic E-state index is 0.0474. The third-order valence-corrected chi connectivity index (χ3v) is 6.99. The Morgan fingerprint density at radius 2 is 1.31 bits per heavy atom. The van der Waals surface area contributed by atoms with E-state index >= 15 is 0 Å². The first-order valence-electron chi connectivity index (χ1n) is 11.9. The number of carboxylic acids is 1. The van der Waals surface area contributed by atoms with Crippen LogP contribution < -0.4 is 0 Å². The number of benzene rings is 4. The van der Waals surface area contributed by atoms with Crippen molar-refractivity contribution < 1.29 is 9.90 Å². The van der Waals surface area contributed by atoms with Crippen LogP contribution in [0.3, 0.4) is 0 Å². The van der Waals surface area contributed by atoms with Crippen molar-refractivity contribution >= 4 is 17.1 Å². The summed E-state index contributed by atoms with van der Waals surface area (Å²) < 4.78 is 0. The van der Waals surface area contributed by atoms with Crippen molar-refractivity contribution in [2.24, 2.45) is 0 Å². The summed E-state index contributed by atoms with van der Waals surface area (Å²) in [5.41, 5.74) is 10.6. The molecule has 0 aliphatic heterocycles. The number of hydrogen-bond donors (Lipinski definition) is 1. The van der Waals surface area contributed by atoms with Crippen molar-refractivity contribution in [3.05, 3.63) is 143 Å². The number of hydrogen-bond acceptors (Lipinski definition) is 1. The molecule has 4 aromatic rings. The van der Waals surface area contributed by atoms with Crippen molar-refractivity contribution in [1.29, 1.82) is 0 Å². The fourth-order valence-corrected chi connectivity index (χ4v) is 4.85. The van der Waals surface area contributed by atoms with E-state index in [0.29, 0.717) is 0 Å². The number of aromatic carboxylic acids is 1. The molecule has 5 rings (SSSR count). The molecule has 0 radical (unpaired) electrons. The maximum absolute atomic E-state index is 11.2. The second-order valence-corrected chi connectivity index (χ2v) is 9.77. The summed E-state index contributed by atoms with van der Waals surface area (Å²) >= 11 is 0. The molecule has 0 spiro atoms. The summed E-state index contributed by atoms with van der Waals surface area (Å²) in [6.07, 6.45) is 3.33. The molecule has 0 saturated heterocycles. The Hall–Kier alpha value is -4.17. The molecule has 0 saturated carbocycles. The SMILES string of the molecule is C=C(c1ccc(C(=O)O)cc1)c1ccc2c(c1)C(c1ccc(-c3ccccc3)cc1)=CCC2(C)C. The average molecular weight is 457 g/mol. The molecular weight excluding hydrogens is 428 g/mol. The van der Waals surface area contributed by atoms with E-state index in [4.69, 9.17) is 0 Å². The highest BCUT2D eigenvalue weighted by atomic mass is 16.4. The van der Waals surface area contributed by atoms with E-state index in [-0.39, 0.29) is 11.0 Å². The van der Waals surface area contributed by atoms with Gasteiger partial charge >= 0.3 is 5.97 Å². The van der Waals surface area contributed by atoms with Gasteiger partial charge in [0.25, 0.3) is 0 Å². The Morgan fingerprint density at radius 1 is 0.743 bits per heavy atom. The van der Waals surface area contributed by atoms with Gasteiger partial charge in [0.2, 0.25) is 0 Å². The lowest BCUT2D eigenvalue weighted by Crippen LogP contribution is -2.22. The van der Waals surface area contributed by atoms with Crippen LogP contribution in [0.15, 0.2) is 110 Å². The lowest BCUT2D eigenvalue weighted by molar-refractivity contribution is 0.0697. The van der Waals surface area contributed by atoms with Crippen LogP contribution in [0.2, 0.25) is 0 Å². The van der Waals surface area contributed by atoms with Crippen LogP contribution >= 0.6 is 0 Å². The predicted molar refractivity (Wildman–Crippen MR) is 145 cm³/mol. The summed E-state index contributed by atoms with van der Waals surface area (Å²) in [7, 11) is 0. The molecule has 2 nitrogen and oxygen atoms in total. The molecule has 0 heterocycles. The Balaban J connectivity index is 1.52. The number of allylic oxidation sites excluding steroid dienone is 1. The highest BCUT2D eigenvalue weighted by Gasteiger charge is 2.29. The number of rotatable bonds is 5. The lowest BCUT2D eigenvalue weighted by Gasteiger charge is -2.33. The summed E-state index contributed by atoms with van der Waals surface area (Å²) in [4.78, 5) is 11.2. The van der Waals surface area contributed by atoms with Gasteiger partial charge in [-0.15, -0.1) is 0 Å². The van der Waals surface area contributed by atoms with Crippen molar-refractivity contribution in [1.82, 2.24) is 0 Å². The van der Waals surface area contributed by atoms with Gasteiger partial charge in [-0.3, -0.25) is 0 Å². The van der Waals surface area contributed by atoms with Gasteiger partial charge in [0.05, 0.1) is 5.56 Å². The zero-order chi connectivity index (χ0) is 24.6. The zero-order valence-electron chi connectivity index (χ0n) is 20.1. The molecule has 0 bridgehead atoms. The van der Waals surface area contributed by atoms with E-state index < -0.39 is 5.97 Å². The van der Waals surface area contributed by atoms with Gasteiger partial charge in [0, 0.05) is 0 Å². The first kappa shape index (κ1) is 22.6. The third-order valence-electron chi connectivity index (χ3n) is 6.99. The Bertz CT molecular complexity index is 1440. The van der Waals surface area contributed by atoms with E-state index in [1.54, 1.807) is 12.1 Å². The number of fused-ring (bicyclic) bond motifs is 1. The van der Waals surface area contributed by atoms with Crippen LogP contribution in [0.25, 0.3) is 22.3 Å². The normalized spacial score (nSPS) is 14.1. The van der Waals surface area contributed by atoms with Crippen LogP contribution in [0.1, 0.15) is 58.4 Å². The quantitative estimate of drug-likeness (QED) is 0.328. The zero-order valence-corrected chi connectivity index (χ0v) is 20.1. The van der Waals surface area contributed by atoms with E-state index in [1.807, 2.05) is 18.2 Å². The largest absolute Gasteiger partial charge is 0.478 e. The summed E-state index contributed by atoms with van der Waals surface area (Å²) in [5, 5.41) is 9.20. The molecule has 0 atom stereocenters. The van der Waals surface area contributed by atoms with Gasteiger partial charge in [-0.25, -0.2) is 4.79 Å². The smallest absolute Gasteiger partial charge is 0.335 e. The van der Waals surface area contributed by atoms with E-state index in [2.05, 4.69) is 93.2 Å². The average Bonchev–Trinajstić information content (AvgIpc) is 2.89. The fraction of sp³-hybridized carbons (Fsp3) is 0.121. The molecule has 172 valence electrons. The fourth-order valence-electron chi connectivity index (χ4n) is 4.85. The monoisotopic (exact) mass is 456 g/mol. The molecular formula is C33H28O2. The molecule has 1 N–H and O–H groups in total. The number of carbonyl (C=O) groups is 1. The van der Waals surface area contributed by atoms with Gasteiger partial charge in [-0.2, -0.15) is 0 Å². The minimum Gasteiger partial charge on any atom is -0.478 e. The number of carboxylic acid groups (broad SMARTS) is 1. The van der Waals surface area contributed by atoms with Gasteiger partial charge in [-0.05, 0) is 80.1 Å². The minimum atomic E-state index is -0.925. The van der Waals surface area contributed by atoms with E-state index in [9.17, 15) is 9.90 Å². The van der Waals surface area contributed by atoms with E-state index in [1.165, 1.54) is 33.4 Å². The topological polar surface area (TPSA) is 37.3 Å². The molecule has 0 amide bonds. The van der Waals surface area contributed by atoms with Crippen molar-refractivity contribution in [3.63, 3.8) is 0 Å². The molecule has 1 aliphatic carbocycles. The molecule has 1 aliphatic rings. The van der Waals surface area contributed by atoms with Gasteiger partial charge in [-0.1, -0.05) is 105 Å². The Labute approximate surface area is 206 Å². The molecule has 0 aromatic heterocycles. The molecule has 4 aromatic carbocycles. The Kier molecular flexibility index (Phi) is 5.74. The second kappa shape index (κ2) is 8.88. The summed E-state index contributed by atoms with van der Waals surface area (Å²) in [6.45, 7) is 8.91. The highest BCUT2D eigenvalue weighted by molar-refractivity contribution is 5.90. The van der Waals surface area contributed by atoms with Crippen molar-refractivity contribution in [2.75, 3.05) is 0 Å². The van der Waals surface area contributed by atoms with Crippen LogP contribution in [0, 0.1) is 0 Å². The van der Waals surface area contributed by atoms with Gasteiger partial charge in [0.15, 0.2) is 0 Å². The van der Waals surface area contributed by atoms with Crippen LogP contribution in [0.5, 0.6) is 0 Å². The maximum atomic E-state index is 11.2. The van der Waals surface area contributed by atoms with E-state index in [0.717, 1.165) is 23.1 Å². The highest BCUT2D eigenvalue weighted by Crippen LogP contribution is 2.43. The van der Waals surface area contributed by atoms with Crippen molar-refractivity contribution in [2.45, 2.75) is 25.7 Å². The summed E-state index contributed by atoms with van der Waals surface area (Å²) in [5.74, 6) is -0.925. The molecule has 35 heavy (non-hydrogen) atoms.